The van der Waals surface area contributed by atoms with Crippen molar-refractivity contribution in [3.8, 4) is 0 Å². The zero-order valence-corrected chi connectivity index (χ0v) is 6.75. The number of hydroxylamine groups is 1. The summed E-state index contributed by atoms with van der Waals surface area (Å²) in [4.78, 5) is 0. The predicted molar refractivity (Wildman–Crippen MR) is 44.8 cm³/mol. The summed E-state index contributed by atoms with van der Waals surface area (Å²) in [6.45, 7) is 0.0721. The van der Waals surface area contributed by atoms with E-state index in [2.05, 4.69) is 0 Å². The molecule has 0 saturated heterocycles. The number of furan rings is 1. The van der Waals surface area contributed by atoms with Gasteiger partial charge in [0.15, 0.2) is 0 Å². The SMILES string of the molecule is ONCc1c(F)ccc2occc12. The largest absolute Gasteiger partial charge is 0.464 e. The molecule has 4 heteroatoms. The van der Waals surface area contributed by atoms with Gasteiger partial charge in [-0.05, 0) is 18.2 Å². The molecule has 3 nitrogen and oxygen atoms in total. The van der Waals surface area contributed by atoms with Crippen LogP contribution in [-0.4, -0.2) is 5.21 Å². The third-order valence-electron chi connectivity index (χ3n) is 1.95. The summed E-state index contributed by atoms with van der Waals surface area (Å²) >= 11 is 0. The molecule has 0 radical (unpaired) electrons. The first-order chi connectivity index (χ1) is 6.33. The van der Waals surface area contributed by atoms with Crippen molar-refractivity contribution in [2.75, 3.05) is 0 Å². The van der Waals surface area contributed by atoms with E-state index >= 15 is 0 Å². The van der Waals surface area contributed by atoms with Gasteiger partial charge in [-0.1, -0.05) is 0 Å². The van der Waals surface area contributed by atoms with Crippen LogP contribution in [0, 0.1) is 5.82 Å². The first-order valence-corrected chi connectivity index (χ1v) is 3.84. The van der Waals surface area contributed by atoms with Gasteiger partial charge in [-0.3, -0.25) is 0 Å². The molecule has 2 aromatic rings. The van der Waals surface area contributed by atoms with Gasteiger partial charge in [-0.15, -0.1) is 0 Å². The van der Waals surface area contributed by atoms with E-state index in [4.69, 9.17) is 9.62 Å². The van der Waals surface area contributed by atoms with E-state index in [0.29, 0.717) is 16.5 Å². The molecule has 1 heterocycles. The molecule has 0 fully saturated rings. The van der Waals surface area contributed by atoms with Gasteiger partial charge >= 0.3 is 0 Å². The second kappa shape index (κ2) is 3.16. The molecule has 68 valence electrons. The monoisotopic (exact) mass is 181 g/mol. The summed E-state index contributed by atoms with van der Waals surface area (Å²) < 4.78 is 18.3. The number of halogens is 1. The highest BCUT2D eigenvalue weighted by atomic mass is 19.1. The lowest BCUT2D eigenvalue weighted by Gasteiger charge is -2.01. The molecule has 1 aromatic carbocycles. The first-order valence-electron chi connectivity index (χ1n) is 3.84. The Labute approximate surface area is 73.7 Å². The van der Waals surface area contributed by atoms with Crippen LogP contribution >= 0.6 is 0 Å². The highest BCUT2D eigenvalue weighted by Gasteiger charge is 2.08. The van der Waals surface area contributed by atoms with E-state index in [9.17, 15) is 4.39 Å². The lowest BCUT2D eigenvalue weighted by Crippen LogP contribution is -2.08. The van der Waals surface area contributed by atoms with E-state index in [1.165, 1.54) is 12.3 Å². The van der Waals surface area contributed by atoms with Gasteiger partial charge in [0.25, 0.3) is 0 Å². The standard InChI is InChI=1S/C9H8FNO2/c10-8-1-2-9-6(3-4-13-9)7(8)5-11-12/h1-4,11-12H,5H2. The minimum Gasteiger partial charge on any atom is -0.464 e. The number of nitrogens with one attached hydrogen (secondary N) is 1. The van der Waals surface area contributed by atoms with E-state index in [-0.39, 0.29) is 12.4 Å². The van der Waals surface area contributed by atoms with Gasteiger partial charge < -0.3 is 9.62 Å². The van der Waals surface area contributed by atoms with Crippen molar-refractivity contribution < 1.29 is 14.0 Å². The second-order valence-corrected chi connectivity index (χ2v) is 2.69. The molecule has 0 saturated carbocycles. The normalized spacial score (nSPS) is 10.9. The Morgan fingerprint density at radius 1 is 1.38 bits per heavy atom. The van der Waals surface area contributed by atoms with Crippen molar-refractivity contribution in [3.05, 3.63) is 35.8 Å². The average molecular weight is 181 g/mol. The van der Waals surface area contributed by atoms with Crippen LogP contribution in [0.25, 0.3) is 11.0 Å². The molecule has 0 bridgehead atoms. The van der Waals surface area contributed by atoms with Gasteiger partial charge in [-0.2, -0.15) is 0 Å². The lowest BCUT2D eigenvalue weighted by molar-refractivity contribution is 0.160. The maximum atomic E-state index is 13.2. The molecular weight excluding hydrogens is 173 g/mol. The number of fused-ring (bicyclic) bond motifs is 1. The fourth-order valence-electron chi connectivity index (χ4n) is 1.34. The molecule has 0 amide bonds. The number of hydrogen-bond acceptors (Lipinski definition) is 3. The Balaban J connectivity index is 2.66. The summed E-state index contributed by atoms with van der Waals surface area (Å²) in [5.41, 5.74) is 2.95. The smallest absolute Gasteiger partial charge is 0.134 e. The average Bonchev–Trinajstić information content (AvgIpc) is 2.58. The van der Waals surface area contributed by atoms with Crippen molar-refractivity contribution in [3.63, 3.8) is 0 Å². The van der Waals surface area contributed by atoms with Crippen LogP contribution < -0.4 is 5.48 Å². The van der Waals surface area contributed by atoms with Gasteiger partial charge in [0, 0.05) is 17.5 Å². The Kier molecular flexibility index (Phi) is 2.00. The third kappa shape index (κ3) is 1.30. The third-order valence-corrected chi connectivity index (χ3v) is 1.95. The van der Waals surface area contributed by atoms with Crippen molar-refractivity contribution in [2.45, 2.75) is 6.54 Å². The van der Waals surface area contributed by atoms with Gasteiger partial charge in [0.2, 0.25) is 0 Å². The zero-order chi connectivity index (χ0) is 9.26. The molecule has 13 heavy (non-hydrogen) atoms. The molecule has 0 aliphatic carbocycles. The Bertz CT molecular complexity index is 424. The first kappa shape index (κ1) is 8.22. The summed E-state index contributed by atoms with van der Waals surface area (Å²) in [7, 11) is 0. The maximum Gasteiger partial charge on any atom is 0.134 e. The molecule has 0 spiro atoms. The van der Waals surface area contributed by atoms with Crippen molar-refractivity contribution in [1.82, 2.24) is 5.48 Å². The number of rotatable bonds is 2. The Hall–Kier alpha value is -1.39. The number of hydrogen-bond donors (Lipinski definition) is 2. The highest BCUT2D eigenvalue weighted by Crippen LogP contribution is 2.22. The molecule has 0 aliphatic heterocycles. The van der Waals surface area contributed by atoms with E-state index in [1.807, 2.05) is 5.48 Å². The van der Waals surface area contributed by atoms with Crippen LogP contribution in [-0.2, 0) is 6.54 Å². The minimum absolute atomic E-state index is 0.0721. The van der Waals surface area contributed by atoms with Crippen molar-refractivity contribution >= 4 is 11.0 Å². The summed E-state index contributed by atoms with van der Waals surface area (Å²) in [6.07, 6.45) is 1.49. The summed E-state index contributed by atoms with van der Waals surface area (Å²) in [5.74, 6) is -0.351. The molecule has 2 N–H and O–H groups in total. The van der Waals surface area contributed by atoms with Gasteiger partial charge in [-0.25, -0.2) is 9.87 Å². The molecule has 0 unspecified atom stereocenters. The van der Waals surface area contributed by atoms with Gasteiger partial charge in [0.1, 0.15) is 11.4 Å². The van der Waals surface area contributed by atoms with Crippen LogP contribution in [0.3, 0.4) is 0 Å². The fourth-order valence-corrected chi connectivity index (χ4v) is 1.34. The van der Waals surface area contributed by atoms with E-state index in [0.717, 1.165) is 0 Å². The maximum absolute atomic E-state index is 13.2. The minimum atomic E-state index is -0.351. The molecule has 0 atom stereocenters. The van der Waals surface area contributed by atoms with E-state index < -0.39 is 0 Å². The highest BCUT2D eigenvalue weighted by molar-refractivity contribution is 5.81. The van der Waals surface area contributed by atoms with Crippen LogP contribution in [0.1, 0.15) is 5.56 Å². The van der Waals surface area contributed by atoms with Crippen LogP contribution in [0.4, 0.5) is 4.39 Å². The zero-order valence-electron chi connectivity index (χ0n) is 6.75. The van der Waals surface area contributed by atoms with Crippen molar-refractivity contribution in [1.29, 1.82) is 0 Å². The van der Waals surface area contributed by atoms with Crippen LogP contribution in [0.5, 0.6) is 0 Å². The summed E-state index contributed by atoms with van der Waals surface area (Å²) in [6, 6.07) is 4.55. The van der Waals surface area contributed by atoms with Gasteiger partial charge in [0.05, 0.1) is 6.26 Å². The van der Waals surface area contributed by atoms with Crippen LogP contribution in [0.15, 0.2) is 28.9 Å². The lowest BCUT2D eigenvalue weighted by atomic mass is 10.1. The topological polar surface area (TPSA) is 45.4 Å². The van der Waals surface area contributed by atoms with E-state index in [1.54, 1.807) is 12.1 Å². The fraction of sp³-hybridized carbons (Fsp3) is 0.111. The molecular formula is C9H8FNO2. The van der Waals surface area contributed by atoms with Crippen molar-refractivity contribution in [2.24, 2.45) is 0 Å². The Morgan fingerprint density at radius 3 is 3.00 bits per heavy atom. The quantitative estimate of drug-likeness (QED) is 0.697. The number of benzene rings is 1. The summed E-state index contributed by atoms with van der Waals surface area (Å²) in [5, 5.41) is 9.18. The Morgan fingerprint density at radius 2 is 2.23 bits per heavy atom. The molecule has 2 rings (SSSR count). The predicted octanol–water partition coefficient (Wildman–Crippen LogP) is 2.05. The molecule has 0 aliphatic rings. The van der Waals surface area contributed by atoms with Crippen LogP contribution in [0.2, 0.25) is 0 Å². The second-order valence-electron chi connectivity index (χ2n) is 2.69. The molecule has 1 aromatic heterocycles.